The van der Waals surface area contributed by atoms with Crippen molar-refractivity contribution in [1.29, 1.82) is 0 Å². The summed E-state index contributed by atoms with van der Waals surface area (Å²) < 4.78 is 13.0. The Balaban J connectivity index is 1.89. The molecule has 1 saturated carbocycles. The Labute approximate surface area is 66.5 Å². The molecule has 3 heteroatoms. The topological polar surface area (TPSA) is 29.3 Å². The van der Waals surface area contributed by atoms with Crippen LogP contribution in [0.1, 0.15) is 19.3 Å². The summed E-state index contributed by atoms with van der Waals surface area (Å²) in [6.07, 6.45) is 2.48. The van der Waals surface area contributed by atoms with Crippen molar-refractivity contribution in [3.05, 3.63) is 0 Å². The van der Waals surface area contributed by atoms with E-state index in [2.05, 4.69) is 0 Å². The summed E-state index contributed by atoms with van der Waals surface area (Å²) >= 11 is 0. The molecule has 2 aliphatic rings. The molecule has 2 nitrogen and oxygen atoms in total. The molecule has 1 aliphatic heterocycles. The average molecular weight is 158 g/mol. The number of rotatable bonds is 0. The van der Waals surface area contributed by atoms with Crippen molar-refractivity contribution in [2.75, 3.05) is 13.1 Å². The molecule has 1 saturated heterocycles. The first kappa shape index (κ1) is 7.50. The summed E-state index contributed by atoms with van der Waals surface area (Å²) in [4.78, 5) is 0. The van der Waals surface area contributed by atoms with Crippen LogP contribution in [0.5, 0.6) is 0 Å². The first-order chi connectivity index (χ1) is 5.25. The van der Waals surface area contributed by atoms with Crippen LogP contribution in [0, 0.1) is 11.8 Å². The predicted octanol–water partition coefficient (Wildman–Crippen LogP) is 0.930. The molecule has 2 N–H and O–H groups in total. The van der Waals surface area contributed by atoms with E-state index in [-0.39, 0.29) is 0 Å². The molecule has 2 fully saturated rings. The first-order valence-electron chi connectivity index (χ1n) is 4.39. The van der Waals surface area contributed by atoms with E-state index in [1.807, 2.05) is 0 Å². The monoisotopic (exact) mass is 158 g/mol. The van der Waals surface area contributed by atoms with Gasteiger partial charge in [0.25, 0.3) is 0 Å². The number of hydrogen-bond acceptors (Lipinski definition) is 2. The molecule has 0 spiro atoms. The second-order valence-electron chi connectivity index (χ2n) is 3.87. The van der Waals surface area contributed by atoms with Gasteiger partial charge in [0.1, 0.15) is 6.17 Å². The van der Waals surface area contributed by atoms with Crippen molar-refractivity contribution in [2.45, 2.75) is 25.4 Å². The maximum Gasteiger partial charge on any atom is 0.114 e. The molecule has 2 rings (SSSR count). The van der Waals surface area contributed by atoms with E-state index in [4.69, 9.17) is 5.84 Å². The maximum atomic E-state index is 13.0. The van der Waals surface area contributed by atoms with Gasteiger partial charge in [0, 0.05) is 13.1 Å². The second-order valence-corrected chi connectivity index (χ2v) is 3.87. The smallest absolute Gasteiger partial charge is 0.114 e. The Bertz CT molecular complexity index is 149. The van der Waals surface area contributed by atoms with Gasteiger partial charge in [0.15, 0.2) is 0 Å². The first-order valence-corrected chi connectivity index (χ1v) is 4.39. The summed E-state index contributed by atoms with van der Waals surface area (Å²) in [6.45, 7) is 1.31. The Hall–Kier alpha value is -0.150. The Morgan fingerprint density at radius 1 is 1.27 bits per heavy atom. The maximum absolute atomic E-state index is 13.0. The SMILES string of the molecule is NN1CCC2CC2CC(F)C1. The van der Waals surface area contributed by atoms with Crippen LogP contribution in [0.3, 0.4) is 0 Å². The van der Waals surface area contributed by atoms with Crippen LogP contribution in [0.15, 0.2) is 0 Å². The van der Waals surface area contributed by atoms with Gasteiger partial charge < -0.3 is 0 Å². The van der Waals surface area contributed by atoms with Crippen molar-refractivity contribution in [3.63, 3.8) is 0 Å². The van der Waals surface area contributed by atoms with Crippen LogP contribution in [0.25, 0.3) is 0 Å². The molecule has 1 heterocycles. The average Bonchev–Trinajstić information content (AvgIpc) is 2.60. The second kappa shape index (κ2) is 2.72. The summed E-state index contributed by atoms with van der Waals surface area (Å²) in [5, 5.41) is 1.62. The van der Waals surface area contributed by atoms with E-state index < -0.39 is 6.17 Å². The highest BCUT2D eigenvalue weighted by atomic mass is 19.1. The third-order valence-corrected chi connectivity index (χ3v) is 2.85. The van der Waals surface area contributed by atoms with Gasteiger partial charge in [-0.3, -0.25) is 5.84 Å². The van der Waals surface area contributed by atoms with Crippen molar-refractivity contribution in [3.8, 4) is 0 Å². The van der Waals surface area contributed by atoms with E-state index >= 15 is 0 Å². The zero-order chi connectivity index (χ0) is 7.84. The lowest BCUT2D eigenvalue weighted by Crippen LogP contribution is -2.38. The molecule has 0 aromatic carbocycles. The van der Waals surface area contributed by atoms with Gasteiger partial charge in [-0.15, -0.1) is 0 Å². The third-order valence-electron chi connectivity index (χ3n) is 2.85. The van der Waals surface area contributed by atoms with Crippen LogP contribution < -0.4 is 5.84 Å². The highest BCUT2D eigenvalue weighted by Gasteiger charge is 2.39. The van der Waals surface area contributed by atoms with Crippen LogP contribution in [-0.4, -0.2) is 24.3 Å². The Morgan fingerprint density at radius 2 is 2.09 bits per heavy atom. The number of fused-ring (bicyclic) bond motifs is 1. The normalized spacial score (nSPS) is 45.8. The molecule has 3 unspecified atom stereocenters. The van der Waals surface area contributed by atoms with E-state index in [0.29, 0.717) is 12.5 Å². The molecule has 0 aromatic rings. The predicted molar refractivity (Wildman–Crippen MR) is 41.5 cm³/mol. The van der Waals surface area contributed by atoms with Crippen molar-refractivity contribution < 1.29 is 4.39 Å². The molecule has 0 bridgehead atoms. The minimum Gasteiger partial charge on any atom is -0.269 e. The van der Waals surface area contributed by atoms with Gasteiger partial charge in [0.05, 0.1) is 0 Å². The van der Waals surface area contributed by atoms with Crippen LogP contribution in [-0.2, 0) is 0 Å². The number of nitrogens with zero attached hydrogens (tertiary/aromatic N) is 1. The minimum atomic E-state index is -0.685. The Morgan fingerprint density at radius 3 is 2.91 bits per heavy atom. The lowest BCUT2D eigenvalue weighted by molar-refractivity contribution is 0.162. The van der Waals surface area contributed by atoms with E-state index in [0.717, 1.165) is 18.9 Å². The number of hydrazine groups is 1. The number of alkyl halides is 1. The highest BCUT2D eigenvalue weighted by Crippen LogP contribution is 2.45. The molecular formula is C8H15FN2. The number of hydrogen-bond donors (Lipinski definition) is 1. The van der Waals surface area contributed by atoms with E-state index in [9.17, 15) is 4.39 Å². The lowest BCUT2D eigenvalue weighted by atomic mass is 10.1. The fourth-order valence-corrected chi connectivity index (χ4v) is 2.03. The summed E-state index contributed by atoms with van der Waals surface area (Å²) in [6, 6.07) is 0. The van der Waals surface area contributed by atoms with E-state index in [1.54, 1.807) is 5.01 Å². The van der Waals surface area contributed by atoms with Gasteiger partial charge in [0.2, 0.25) is 0 Å². The summed E-state index contributed by atoms with van der Waals surface area (Å²) in [5.74, 6) is 7.05. The van der Waals surface area contributed by atoms with Crippen molar-refractivity contribution in [1.82, 2.24) is 5.01 Å². The molecular weight excluding hydrogens is 143 g/mol. The van der Waals surface area contributed by atoms with Gasteiger partial charge in [-0.05, 0) is 31.1 Å². The fraction of sp³-hybridized carbons (Fsp3) is 1.00. The van der Waals surface area contributed by atoms with E-state index in [1.165, 1.54) is 12.8 Å². The molecule has 0 radical (unpaired) electrons. The van der Waals surface area contributed by atoms with Crippen molar-refractivity contribution >= 4 is 0 Å². The lowest BCUT2D eigenvalue weighted by Gasteiger charge is -2.21. The summed E-state index contributed by atoms with van der Waals surface area (Å²) in [5.41, 5.74) is 0. The zero-order valence-corrected chi connectivity index (χ0v) is 6.67. The van der Waals surface area contributed by atoms with Gasteiger partial charge in [-0.25, -0.2) is 9.40 Å². The largest absolute Gasteiger partial charge is 0.269 e. The highest BCUT2D eigenvalue weighted by molar-refractivity contribution is 4.90. The number of halogens is 1. The standard InChI is InChI=1S/C8H15FN2/c9-8-4-7-3-6(7)1-2-11(10)5-8/h6-8H,1-5,10H2. The van der Waals surface area contributed by atoms with Gasteiger partial charge >= 0.3 is 0 Å². The quantitative estimate of drug-likeness (QED) is 0.531. The van der Waals surface area contributed by atoms with Crippen LogP contribution in [0.2, 0.25) is 0 Å². The van der Waals surface area contributed by atoms with Gasteiger partial charge in [-0.1, -0.05) is 0 Å². The minimum absolute atomic E-state index is 0.434. The third kappa shape index (κ3) is 1.71. The molecule has 0 aromatic heterocycles. The zero-order valence-electron chi connectivity index (χ0n) is 6.67. The van der Waals surface area contributed by atoms with Crippen molar-refractivity contribution in [2.24, 2.45) is 17.7 Å². The van der Waals surface area contributed by atoms with Gasteiger partial charge in [-0.2, -0.15) is 0 Å². The molecule has 3 atom stereocenters. The summed E-state index contributed by atoms with van der Waals surface area (Å²) in [7, 11) is 0. The van der Waals surface area contributed by atoms with Crippen LogP contribution >= 0.6 is 0 Å². The molecule has 0 amide bonds. The molecule has 64 valence electrons. The molecule has 11 heavy (non-hydrogen) atoms. The fourth-order valence-electron chi connectivity index (χ4n) is 2.03. The molecule has 1 aliphatic carbocycles. The van der Waals surface area contributed by atoms with Crippen LogP contribution in [0.4, 0.5) is 4.39 Å². The number of nitrogens with two attached hydrogens (primary N) is 1. The Kier molecular flexibility index (Phi) is 1.85.